The lowest BCUT2D eigenvalue weighted by molar-refractivity contribution is -0.165. The molecular formula is C41H48O8. The molecular weight excluding hydrogens is 620 g/mol. The minimum Gasteiger partial charge on any atom is -0.504 e. The van der Waals surface area contributed by atoms with Gasteiger partial charge in [-0.1, -0.05) is 67.8 Å². The summed E-state index contributed by atoms with van der Waals surface area (Å²) in [5.74, 6) is -0.0363. The maximum Gasteiger partial charge on any atom is 0.309 e. The molecule has 0 aromatic heterocycles. The summed E-state index contributed by atoms with van der Waals surface area (Å²) in [4.78, 5) is 26.4. The van der Waals surface area contributed by atoms with Gasteiger partial charge >= 0.3 is 11.9 Å². The molecule has 2 N–H and O–H groups in total. The molecule has 3 aliphatic rings. The van der Waals surface area contributed by atoms with Crippen LogP contribution < -0.4 is 9.47 Å². The Bertz CT molecular complexity index is 1660. The fourth-order valence-corrected chi connectivity index (χ4v) is 8.52. The van der Waals surface area contributed by atoms with Crippen LogP contribution in [0.5, 0.6) is 23.0 Å². The van der Waals surface area contributed by atoms with Crippen molar-refractivity contribution in [3.63, 3.8) is 0 Å². The molecule has 0 saturated heterocycles. The third-order valence-electron chi connectivity index (χ3n) is 10.9. The lowest BCUT2D eigenvalue weighted by Crippen LogP contribution is -2.49. The van der Waals surface area contributed by atoms with E-state index in [0.717, 1.165) is 54.4 Å². The number of hydrogen-bond donors (Lipinski definition) is 2. The highest BCUT2D eigenvalue weighted by Gasteiger charge is 2.50. The minimum atomic E-state index is -0.537. The number of benzene rings is 3. The molecule has 0 amide bonds. The van der Waals surface area contributed by atoms with Crippen molar-refractivity contribution < 1.29 is 38.7 Å². The summed E-state index contributed by atoms with van der Waals surface area (Å²) in [5, 5.41) is 21.4. The topological polar surface area (TPSA) is 112 Å². The Kier molecular flexibility index (Phi) is 10.5. The second kappa shape index (κ2) is 15.0. The quantitative estimate of drug-likeness (QED) is 0.233. The molecule has 0 spiro atoms. The molecule has 0 bridgehead atoms. The summed E-state index contributed by atoms with van der Waals surface area (Å²) in [6.45, 7) is 1.44. The molecule has 8 nitrogen and oxygen atoms in total. The number of carbonyl (C=O) groups excluding carboxylic acids is 2. The molecule has 3 aromatic rings. The number of carbonyl (C=O) groups is 2. The minimum absolute atomic E-state index is 0.0554. The zero-order chi connectivity index (χ0) is 34.5. The van der Waals surface area contributed by atoms with Crippen molar-refractivity contribution in [3.05, 3.63) is 89.0 Å². The maximum absolute atomic E-state index is 13.6. The fourth-order valence-electron chi connectivity index (χ4n) is 8.52. The van der Waals surface area contributed by atoms with Crippen molar-refractivity contribution in [2.75, 3.05) is 14.2 Å². The Labute approximate surface area is 289 Å². The largest absolute Gasteiger partial charge is 0.504 e. The highest BCUT2D eigenvalue weighted by molar-refractivity contribution is 5.72. The number of rotatable bonds is 8. The van der Waals surface area contributed by atoms with Crippen LogP contribution >= 0.6 is 0 Å². The van der Waals surface area contributed by atoms with E-state index in [2.05, 4.69) is 24.3 Å². The molecule has 0 radical (unpaired) electrons. The molecule has 3 aromatic carbocycles. The van der Waals surface area contributed by atoms with E-state index in [0.29, 0.717) is 43.6 Å². The number of ether oxygens (including phenoxy) is 4. The van der Waals surface area contributed by atoms with E-state index in [1.54, 1.807) is 12.1 Å². The van der Waals surface area contributed by atoms with Gasteiger partial charge in [0, 0.05) is 19.3 Å². The smallest absolute Gasteiger partial charge is 0.309 e. The van der Waals surface area contributed by atoms with Gasteiger partial charge in [0.2, 0.25) is 0 Å². The van der Waals surface area contributed by atoms with Crippen molar-refractivity contribution in [1.29, 1.82) is 0 Å². The normalized spacial score (nSPS) is 25.7. The lowest BCUT2D eigenvalue weighted by atomic mass is 9.56. The van der Waals surface area contributed by atoms with Crippen LogP contribution in [0.25, 0.3) is 6.08 Å². The van der Waals surface area contributed by atoms with E-state index < -0.39 is 17.6 Å². The Morgan fingerprint density at radius 2 is 1.57 bits per heavy atom. The number of fused-ring (bicyclic) bond motifs is 2. The van der Waals surface area contributed by atoms with Crippen LogP contribution in [0, 0.1) is 17.3 Å². The number of allylic oxidation sites excluding steroid dienone is 1. The molecule has 3 aliphatic carbocycles. The average molecular weight is 669 g/mol. The standard InChI is InChI=1S/C41H48O8/c1-26(42)48-37-23-33(49-40(45)28-12-8-5-9-13-28)18-31(29-14-15-35(43)38(21-29)46-2)24-41(17-16-27-10-6-4-7-11-27)25-32-20-36(44)39(47-3)22-30(32)19-34(37)41/h4,6-7,10-11,14-17,20-22,28,31,33-34,37,43-44H,5,8-9,12-13,18-19,23-25H2,1-3H3/b17-16+/t31-,33+,34+,37-,41-/m1/s1. The zero-order valence-electron chi connectivity index (χ0n) is 28.7. The van der Waals surface area contributed by atoms with Crippen LogP contribution in [-0.4, -0.2) is 48.6 Å². The molecule has 0 aliphatic heterocycles. The van der Waals surface area contributed by atoms with E-state index in [-0.39, 0.29) is 41.2 Å². The predicted molar refractivity (Wildman–Crippen MR) is 187 cm³/mol. The number of phenols is 2. The van der Waals surface area contributed by atoms with Crippen LogP contribution in [0.2, 0.25) is 0 Å². The van der Waals surface area contributed by atoms with Gasteiger partial charge in [-0.05, 0) is 96.4 Å². The van der Waals surface area contributed by atoms with Gasteiger partial charge in [-0.2, -0.15) is 0 Å². The van der Waals surface area contributed by atoms with Gasteiger partial charge in [0.1, 0.15) is 12.2 Å². The number of aromatic hydroxyl groups is 2. The third kappa shape index (κ3) is 7.74. The monoisotopic (exact) mass is 668 g/mol. The highest BCUT2D eigenvalue weighted by Crippen LogP contribution is 2.54. The summed E-state index contributed by atoms with van der Waals surface area (Å²) in [5.41, 5.74) is 3.52. The van der Waals surface area contributed by atoms with Gasteiger partial charge < -0.3 is 29.2 Å². The van der Waals surface area contributed by atoms with E-state index in [1.165, 1.54) is 21.1 Å². The number of esters is 2. The van der Waals surface area contributed by atoms with Gasteiger partial charge in [0.25, 0.3) is 0 Å². The number of hydrogen-bond acceptors (Lipinski definition) is 8. The fraction of sp³-hybridized carbons (Fsp3) is 0.463. The SMILES string of the molecule is COc1cc([C@@H]2C[C@H](OC(=O)C3CCCCC3)C[C@@H](OC(C)=O)[C@@H]3Cc4cc(OC)c(O)cc4C[C@@]3(/C=C/c3ccccc3)C2)ccc1O. The van der Waals surface area contributed by atoms with Crippen LogP contribution in [0.4, 0.5) is 0 Å². The first-order chi connectivity index (χ1) is 23.7. The summed E-state index contributed by atoms with van der Waals surface area (Å²) < 4.78 is 23.6. The second-order valence-corrected chi connectivity index (χ2v) is 14.1. The summed E-state index contributed by atoms with van der Waals surface area (Å²) in [6.07, 6.45) is 10.9. The Morgan fingerprint density at radius 1 is 0.837 bits per heavy atom. The summed E-state index contributed by atoms with van der Waals surface area (Å²) in [7, 11) is 3.07. The third-order valence-corrected chi connectivity index (χ3v) is 10.9. The van der Waals surface area contributed by atoms with E-state index >= 15 is 0 Å². The van der Waals surface area contributed by atoms with Gasteiger partial charge in [0.05, 0.1) is 20.1 Å². The molecule has 6 rings (SSSR count). The molecule has 0 heterocycles. The van der Waals surface area contributed by atoms with Gasteiger partial charge in [0.15, 0.2) is 23.0 Å². The Morgan fingerprint density at radius 3 is 2.29 bits per heavy atom. The first-order valence-corrected chi connectivity index (χ1v) is 17.6. The maximum atomic E-state index is 13.6. The van der Waals surface area contributed by atoms with Gasteiger partial charge in [-0.3, -0.25) is 9.59 Å². The Hall–Kier alpha value is -4.46. The van der Waals surface area contributed by atoms with Crippen LogP contribution in [0.1, 0.15) is 86.5 Å². The van der Waals surface area contributed by atoms with Crippen molar-refractivity contribution in [3.8, 4) is 23.0 Å². The molecule has 8 heteroatoms. The van der Waals surface area contributed by atoms with Crippen molar-refractivity contribution in [2.45, 2.75) is 89.3 Å². The predicted octanol–water partition coefficient (Wildman–Crippen LogP) is 7.92. The number of methoxy groups -OCH3 is 2. The van der Waals surface area contributed by atoms with E-state index in [9.17, 15) is 19.8 Å². The van der Waals surface area contributed by atoms with E-state index in [4.69, 9.17) is 18.9 Å². The van der Waals surface area contributed by atoms with E-state index in [1.807, 2.05) is 36.4 Å². The first-order valence-electron chi connectivity index (χ1n) is 17.6. The van der Waals surface area contributed by atoms with Gasteiger partial charge in [-0.25, -0.2) is 0 Å². The summed E-state index contributed by atoms with van der Waals surface area (Å²) >= 11 is 0. The zero-order valence-corrected chi connectivity index (χ0v) is 28.7. The molecule has 2 fully saturated rings. The molecule has 49 heavy (non-hydrogen) atoms. The van der Waals surface area contributed by atoms with Crippen LogP contribution in [0.3, 0.4) is 0 Å². The van der Waals surface area contributed by atoms with Crippen LogP contribution in [-0.2, 0) is 31.9 Å². The Balaban J connectivity index is 1.49. The van der Waals surface area contributed by atoms with Crippen LogP contribution in [0.15, 0.2) is 66.7 Å². The second-order valence-electron chi connectivity index (χ2n) is 14.1. The molecule has 2 saturated carbocycles. The van der Waals surface area contributed by atoms with Gasteiger partial charge in [-0.15, -0.1) is 0 Å². The first kappa shape index (κ1) is 34.4. The average Bonchev–Trinajstić information content (AvgIpc) is 3.10. The molecule has 260 valence electrons. The highest BCUT2D eigenvalue weighted by atomic mass is 16.6. The number of phenolic OH excluding ortho intramolecular Hbond substituents is 2. The van der Waals surface area contributed by atoms with Crippen molar-refractivity contribution in [1.82, 2.24) is 0 Å². The van der Waals surface area contributed by atoms with Crippen molar-refractivity contribution in [2.24, 2.45) is 17.3 Å². The lowest BCUT2D eigenvalue weighted by Gasteiger charge is -2.50. The molecule has 0 unspecified atom stereocenters. The summed E-state index contributed by atoms with van der Waals surface area (Å²) in [6, 6.07) is 19.3. The molecule has 5 atom stereocenters. The van der Waals surface area contributed by atoms with Crippen molar-refractivity contribution >= 4 is 18.0 Å².